The maximum Gasteiger partial charge on any atom is 0.0797 e. The molecule has 2 aromatic rings. The Morgan fingerprint density at radius 2 is 2.36 bits per heavy atom. The predicted molar refractivity (Wildman–Crippen MR) is 59.9 cm³/mol. The first-order valence-corrected chi connectivity index (χ1v) is 5.97. The summed E-state index contributed by atoms with van der Waals surface area (Å²) >= 11 is 3.21. The average molecular weight is 225 g/mol. The summed E-state index contributed by atoms with van der Waals surface area (Å²) in [4.78, 5) is 2.51. The average Bonchev–Trinajstić information content (AvgIpc) is 2.80. The summed E-state index contributed by atoms with van der Waals surface area (Å²) in [5, 5.41) is 9.40. The molecule has 0 saturated carbocycles. The molecule has 0 aromatic carbocycles. The van der Waals surface area contributed by atoms with Gasteiger partial charge in [0, 0.05) is 4.88 Å². The van der Waals surface area contributed by atoms with E-state index in [1.54, 1.807) is 11.3 Å². The summed E-state index contributed by atoms with van der Waals surface area (Å²) in [6, 6.07) is 4.44. The van der Waals surface area contributed by atoms with Crippen LogP contribution in [0.3, 0.4) is 0 Å². The zero-order valence-electron chi connectivity index (χ0n) is 8.02. The van der Waals surface area contributed by atoms with Crippen molar-refractivity contribution in [2.75, 3.05) is 7.05 Å². The van der Waals surface area contributed by atoms with E-state index >= 15 is 0 Å². The zero-order valence-corrected chi connectivity index (χ0v) is 9.65. The van der Waals surface area contributed by atoms with Crippen molar-refractivity contribution < 1.29 is 0 Å². The second kappa shape index (κ2) is 4.16. The number of aryl methyl sites for hydroxylation is 1. The van der Waals surface area contributed by atoms with Gasteiger partial charge in [-0.1, -0.05) is 10.6 Å². The van der Waals surface area contributed by atoms with Crippen LogP contribution in [0.15, 0.2) is 17.5 Å². The summed E-state index contributed by atoms with van der Waals surface area (Å²) in [6.45, 7) is 2.00. The summed E-state index contributed by atoms with van der Waals surface area (Å²) < 4.78 is 3.96. The van der Waals surface area contributed by atoms with Gasteiger partial charge in [-0.25, -0.2) is 0 Å². The molecule has 2 aromatic heterocycles. The minimum atomic E-state index is 0.245. The third-order valence-electron chi connectivity index (χ3n) is 2.07. The van der Waals surface area contributed by atoms with Crippen LogP contribution in [0.25, 0.3) is 0 Å². The smallest absolute Gasteiger partial charge is 0.0797 e. The lowest BCUT2D eigenvalue weighted by molar-refractivity contribution is 0.709. The van der Waals surface area contributed by atoms with Crippen molar-refractivity contribution in [2.24, 2.45) is 0 Å². The first-order chi connectivity index (χ1) is 6.83. The Kier molecular flexibility index (Phi) is 2.90. The highest BCUT2D eigenvalue weighted by Gasteiger charge is 2.17. The van der Waals surface area contributed by atoms with Gasteiger partial charge in [0.15, 0.2) is 0 Å². The highest BCUT2D eigenvalue weighted by molar-refractivity contribution is 7.10. The normalized spacial score (nSPS) is 13.0. The van der Waals surface area contributed by atoms with Gasteiger partial charge in [-0.2, -0.15) is 0 Å². The van der Waals surface area contributed by atoms with Crippen molar-refractivity contribution in [3.8, 4) is 0 Å². The highest BCUT2D eigenvalue weighted by atomic mass is 32.1. The Bertz CT molecular complexity index is 394. The number of nitrogens with one attached hydrogen (secondary N) is 1. The van der Waals surface area contributed by atoms with E-state index in [0.29, 0.717) is 0 Å². The Morgan fingerprint density at radius 1 is 1.50 bits per heavy atom. The van der Waals surface area contributed by atoms with Gasteiger partial charge in [-0.05, 0) is 37.0 Å². The van der Waals surface area contributed by atoms with Gasteiger partial charge in [-0.15, -0.1) is 16.4 Å². The van der Waals surface area contributed by atoms with Crippen LogP contribution in [-0.4, -0.2) is 16.6 Å². The van der Waals surface area contributed by atoms with Gasteiger partial charge >= 0.3 is 0 Å². The molecule has 1 atom stereocenters. The lowest BCUT2D eigenvalue weighted by Crippen LogP contribution is -2.16. The second-order valence-corrected chi connectivity index (χ2v) is 4.72. The lowest BCUT2D eigenvalue weighted by Gasteiger charge is -2.11. The number of nitrogens with zero attached hydrogens (tertiary/aromatic N) is 2. The van der Waals surface area contributed by atoms with E-state index in [4.69, 9.17) is 0 Å². The third-order valence-corrected chi connectivity index (χ3v) is 3.89. The van der Waals surface area contributed by atoms with Crippen molar-refractivity contribution in [3.63, 3.8) is 0 Å². The molecule has 0 bridgehead atoms. The number of hydrogen-bond donors (Lipinski definition) is 1. The Labute approximate surface area is 91.0 Å². The molecule has 0 fully saturated rings. The fourth-order valence-corrected chi connectivity index (χ4v) is 3.05. The van der Waals surface area contributed by atoms with E-state index < -0.39 is 0 Å². The predicted octanol–water partition coefficient (Wildman–Crippen LogP) is 2.22. The van der Waals surface area contributed by atoms with Crippen molar-refractivity contribution in [1.29, 1.82) is 0 Å². The van der Waals surface area contributed by atoms with Gasteiger partial charge in [0.25, 0.3) is 0 Å². The standard InChI is InChI=1S/C9H11N3S2/c1-6-9(14-12-11-6)8(10-2)7-4-3-5-13-7/h3-5,8,10H,1-2H3. The van der Waals surface area contributed by atoms with Crippen LogP contribution < -0.4 is 5.32 Å². The SMILES string of the molecule is CNC(c1cccs1)c1snnc1C. The van der Waals surface area contributed by atoms with Gasteiger partial charge in [-0.3, -0.25) is 0 Å². The molecule has 14 heavy (non-hydrogen) atoms. The minimum Gasteiger partial charge on any atom is -0.308 e. The second-order valence-electron chi connectivity index (χ2n) is 2.96. The molecule has 0 aliphatic heterocycles. The molecule has 0 aliphatic rings. The van der Waals surface area contributed by atoms with E-state index in [1.165, 1.54) is 21.3 Å². The Balaban J connectivity index is 2.36. The quantitative estimate of drug-likeness (QED) is 0.870. The van der Waals surface area contributed by atoms with Crippen LogP contribution in [0, 0.1) is 6.92 Å². The van der Waals surface area contributed by atoms with Gasteiger partial charge in [0.1, 0.15) is 0 Å². The van der Waals surface area contributed by atoms with Crippen molar-refractivity contribution in [1.82, 2.24) is 14.9 Å². The van der Waals surface area contributed by atoms with Gasteiger partial charge in [0.05, 0.1) is 16.6 Å². The van der Waals surface area contributed by atoms with Crippen LogP contribution in [0.5, 0.6) is 0 Å². The summed E-state index contributed by atoms with van der Waals surface area (Å²) in [7, 11) is 1.96. The fraction of sp³-hybridized carbons (Fsp3) is 0.333. The molecule has 1 N–H and O–H groups in total. The maximum atomic E-state index is 4.03. The fourth-order valence-electron chi connectivity index (χ4n) is 1.36. The number of aromatic nitrogens is 2. The van der Waals surface area contributed by atoms with E-state index in [1.807, 2.05) is 14.0 Å². The number of rotatable bonds is 3. The summed E-state index contributed by atoms with van der Waals surface area (Å²) in [5.41, 5.74) is 1.02. The maximum absolute atomic E-state index is 4.03. The number of thiophene rings is 1. The van der Waals surface area contributed by atoms with Crippen LogP contribution in [-0.2, 0) is 0 Å². The van der Waals surface area contributed by atoms with E-state index in [0.717, 1.165) is 5.69 Å². The molecule has 0 amide bonds. The Morgan fingerprint density at radius 3 is 2.86 bits per heavy atom. The molecular weight excluding hydrogens is 214 g/mol. The number of hydrogen-bond acceptors (Lipinski definition) is 5. The molecular formula is C9H11N3S2. The molecule has 2 rings (SSSR count). The van der Waals surface area contributed by atoms with Crippen molar-refractivity contribution >= 4 is 22.9 Å². The largest absolute Gasteiger partial charge is 0.308 e. The van der Waals surface area contributed by atoms with Gasteiger partial charge < -0.3 is 5.32 Å². The highest BCUT2D eigenvalue weighted by Crippen LogP contribution is 2.28. The van der Waals surface area contributed by atoms with Crippen LogP contribution in [0.2, 0.25) is 0 Å². The first kappa shape index (κ1) is 9.76. The third kappa shape index (κ3) is 1.70. The van der Waals surface area contributed by atoms with Crippen LogP contribution in [0.1, 0.15) is 21.5 Å². The van der Waals surface area contributed by atoms with E-state index in [2.05, 4.69) is 32.4 Å². The summed E-state index contributed by atoms with van der Waals surface area (Å²) in [5.74, 6) is 0. The minimum absolute atomic E-state index is 0.245. The molecule has 1 unspecified atom stereocenters. The topological polar surface area (TPSA) is 37.8 Å². The van der Waals surface area contributed by atoms with Crippen molar-refractivity contribution in [2.45, 2.75) is 13.0 Å². The molecule has 0 spiro atoms. The Hall–Kier alpha value is -0.780. The van der Waals surface area contributed by atoms with Gasteiger partial charge in [0.2, 0.25) is 0 Å². The van der Waals surface area contributed by atoms with E-state index in [9.17, 15) is 0 Å². The zero-order chi connectivity index (χ0) is 9.97. The molecule has 0 aliphatic carbocycles. The van der Waals surface area contributed by atoms with E-state index in [-0.39, 0.29) is 6.04 Å². The molecule has 0 radical (unpaired) electrons. The molecule has 3 nitrogen and oxygen atoms in total. The first-order valence-electron chi connectivity index (χ1n) is 4.32. The summed E-state index contributed by atoms with van der Waals surface area (Å²) in [6.07, 6.45) is 0. The monoisotopic (exact) mass is 225 g/mol. The molecule has 5 heteroatoms. The molecule has 0 saturated heterocycles. The molecule has 2 heterocycles. The lowest BCUT2D eigenvalue weighted by atomic mass is 10.2. The van der Waals surface area contributed by atoms with Crippen LogP contribution in [0.4, 0.5) is 0 Å². The molecule has 74 valence electrons. The van der Waals surface area contributed by atoms with Crippen LogP contribution >= 0.6 is 22.9 Å². The van der Waals surface area contributed by atoms with Crippen molar-refractivity contribution in [3.05, 3.63) is 33.0 Å².